The molecule has 2 rings (SSSR count). The zero-order valence-corrected chi connectivity index (χ0v) is 13.9. The molecular formula is C17H22N2OS. The maximum absolute atomic E-state index is 12.2. The van der Waals surface area contributed by atoms with Crippen molar-refractivity contribution in [2.24, 2.45) is 5.92 Å². The number of benzene rings is 1. The van der Waals surface area contributed by atoms with Crippen molar-refractivity contribution in [3.8, 4) is 10.6 Å². The van der Waals surface area contributed by atoms with Gasteiger partial charge in [0.05, 0.1) is 5.69 Å². The molecule has 0 spiro atoms. The van der Waals surface area contributed by atoms with E-state index in [4.69, 9.17) is 0 Å². The van der Waals surface area contributed by atoms with Gasteiger partial charge in [-0.3, -0.25) is 4.79 Å². The Morgan fingerprint density at radius 3 is 2.71 bits per heavy atom. The summed E-state index contributed by atoms with van der Waals surface area (Å²) in [6.45, 7) is 9.10. The van der Waals surface area contributed by atoms with Crippen molar-refractivity contribution < 1.29 is 4.79 Å². The number of nitrogens with zero attached hydrogens (tertiary/aromatic N) is 1. The van der Waals surface area contributed by atoms with Crippen LogP contribution in [0.3, 0.4) is 0 Å². The van der Waals surface area contributed by atoms with E-state index in [1.54, 1.807) is 11.3 Å². The fraction of sp³-hybridized carbons (Fsp3) is 0.412. The van der Waals surface area contributed by atoms with Gasteiger partial charge in [0.15, 0.2) is 0 Å². The second-order valence-electron chi connectivity index (χ2n) is 5.68. The van der Waals surface area contributed by atoms with Gasteiger partial charge in [-0.2, -0.15) is 0 Å². The molecule has 0 fully saturated rings. The van der Waals surface area contributed by atoms with Gasteiger partial charge in [0.25, 0.3) is 5.91 Å². The summed E-state index contributed by atoms with van der Waals surface area (Å²) in [5, 5.41) is 3.94. The minimum absolute atomic E-state index is 0.0116. The SMILES string of the molecule is Cc1nc(-c2cccc(C(=O)NCCC(C)C)c2)sc1C. The number of aryl methyl sites for hydroxylation is 2. The molecule has 1 aromatic carbocycles. The van der Waals surface area contributed by atoms with Gasteiger partial charge < -0.3 is 5.32 Å². The van der Waals surface area contributed by atoms with Gasteiger partial charge in [-0.1, -0.05) is 26.0 Å². The van der Waals surface area contributed by atoms with E-state index >= 15 is 0 Å². The average Bonchev–Trinajstić information content (AvgIpc) is 2.78. The van der Waals surface area contributed by atoms with E-state index in [2.05, 4.69) is 31.1 Å². The summed E-state index contributed by atoms with van der Waals surface area (Å²) < 4.78 is 0. The number of nitrogens with one attached hydrogen (secondary N) is 1. The van der Waals surface area contributed by atoms with Crippen molar-refractivity contribution in [2.75, 3.05) is 6.54 Å². The highest BCUT2D eigenvalue weighted by Gasteiger charge is 2.10. The van der Waals surface area contributed by atoms with E-state index < -0.39 is 0 Å². The van der Waals surface area contributed by atoms with E-state index in [1.165, 1.54) is 4.88 Å². The van der Waals surface area contributed by atoms with Crippen molar-refractivity contribution >= 4 is 17.2 Å². The average molecular weight is 302 g/mol. The predicted molar refractivity (Wildman–Crippen MR) is 88.8 cm³/mol. The van der Waals surface area contributed by atoms with Crippen LogP contribution in [0, 0.1) is 19.8 Å². The number of hydrogen-bond donors (Lipinski definition) is 1. The molecule has 0 aliphatic carbocycles. The molecule has 112 valence electrons. The lowest BCUT2D eigenvalue weighted by Gasteiger charge is -2.07. The quantitative estimate of drug-likeness (QED) is 0.899. The molecule has 4 heteroatoms. The van der Waals surface area contributed by atoms with Gasteiger partial charge in [-0.15, -0.1) is 11.3 Å². The third-order valence-corrected chi connectivity index (χ3v) is 4.53. The van der Waals surface area contributed by atoms with Crippen LogP contribution >= 0.6 is 11.3 Å². The fourth-order valence-corrected chi connectivity index (χ4v) is 2.88. The second-order valence-corrected chi connectivity index (χ2v) is 6.88. The third kappa shape index (κ3) is 4.14. The minimum atomic E-state index is -0.0116. The Hall–Kier alpha value is -1.68. The van der Waals surface area contributed by atoms with Crippen LogP contribution < -0.4 is 5.32 Å². The van der Waals surface area contributed by atoms with Crippen LogP contribution in [-0.4, -0.2) is 17.4 Å². The highest BCUT2D eigenvalue weighted by molar-refractivity contribution is 7.15. The number of amides is 1. The number of rotatable bonds is 5. The molecule has 3 nitrogen and oxygen atoms in total. The zero-order chi connectivity index (χ0) is 15.4. The first-order chi connectivity index (χ1) is 9.97. The molecule has 0 saturated heterocycles. The van der Waals surface area contributed by atoms with Crippen molar-refractivity contribution in [3.05, 3.63) is 40.4 Å². The van der Waals surface area contributed by atoms with Crippen LogP contribution in [-0.2, 0) is 0 Å². The monoisotopic (exact) mass is 302 g/mol. The Morgan fingerprint density at radius 1 is 1.33 bits per heavy atom. The van der Waals surface area contributed by atoms with Crippen molar-refractivity contribution in [2.45, 2.75) is 34.1 Å². The number of thiazole rings is 1. The fourth-order valence-electron chi connectivity index (χ4n) is 1.97. The molecule has 1 aromatic heterocycles. The molecule has 0 aliphatic heterocycles. The Balaban J connectivity index is 2.12. The molecule has 1 N–H and O–H groups in total. The predicted octanol–water partition coefficient (Wildman–Crippen LogP) is 4.20. The zero-order valence-electron chi connectivity index (χ0n) is 13.1. The molecule has 2 aromatic rings. The standard InChI is InChI=1S/C17H22N2OS/c1-11(2)8-9-18-16(20)14-6-5-7-15(10-14)17-19-12(3)13(4)21-17/h5-7,10-11H,8-9H2,1-4H3,(H,18,20). The molecule has 0 radical (unpaired) electrons. The topological polar surface area (TPSA) is 42.0 Å². The molecule has 0 unspecified atom stereocenters. The van der Waals surface area contributed by atoms with E-state index in [9.17, 15) is 4.79 Å². The van der Waals surface area contributed by atoms with Gasteiger partial charge in [-0.25, -0.2) is 4.98 Å². The first kappa shape index (κ1) is 15.7. The van der Waals surface area contributed by atoms with E-state index in [-0.39, 0.29) is 5.91 Å². The van der Waals surface area contributed by atoms with Gasteiger partial charge in [0.1, 0.15) is 5.01 Å². The molecular weight excluding hydrogens is 280 g/mol. The van der Waals surface area contributed by atoms with Crippen molar-refractivity contribution in [3.63, 3.8) is 0 Å². The van der Waals surface area contributed by atoms with Crippen LogP contribution in [0.2, 0.25) is 0 Å². The molecule has 1 amide bonds. The molecule has 1 heterocycles. The number of carbonyl (C=O) groups excluding carboxylic acids is 1. The Bertz CT molecular complexity index is 612. The Morgan fingerprint density at radius 2 is 2.10 bits per heavy atom. The Labute approximate surface area is 130 Å². The highest BCUT2D eigenvalue weighted by atomic mass is 32.1. The maximum atomic E-state index is 12.2. The van der Waals surface area contributed by atoms with Gasteiger partial charge in [0.2, 0.25) is 0 Å². The summed E-state index contributed by atoms with van der Waals surface area (Å²) in [5.41, 5.74) is 2.76. The van der Waals surface area contributed by atoms with E-state index in [0.717, 1.165) is 29.2 Å². The van der Waals surface area contributed by atoms with E-state index in [0.29, 0.717) is 11.5 Å². The Kier molecular flexibility index (Phi) is 5.12. The summed E-state index contributed by atoms with van der Waals surface area (Å²) >= 11 is 1.67. The lowest BCUT2D eigenvalue weighted by atomic mass is 10.1. The molecule has 0 atom stereocenters. The highest BCUT2D eigenvalue weighted by Crippen LogP contribution is 2.27. The molecule has 0 bridgehead atoms. The first-order valence-electron chi connectivity index (χ1n) is 7.30. The van der Waals surface area contributed by atoms with Crippen molar-refractivity contribution in [1.82, 2.24) is 10.3 Å². The number of aromatic nitrogens is 1. The molecule has 21 heavy (non-hydrogen) atoms. The second kappa shape index (κ2) is 6.85. The third-order valence-electron chi connectivity index (χ3n) is 3.41. The molecule has 0 saturated carbocycles. The minimum Gasteiger partial charge on any atom is -0.352 e. The van der Waals surface area contributed by atoms with Crippen molar-refractivity contribution in [1.29, 1.82) is 0 Å². The van der Waals surface area contributed by atoms with Crippen LogP contribution in [0.1, 0.15) is 41.2 Å². The van der Waals surface area contributed by atoms with Gasteiger partial charge >= 0.3 is 0 Å². The van der Waals surface area contributed by atoms with Gasteiger partial charge in [0, 0.05) is 22.5 Å². The van der Waals surface area contributed by atoms with Gasteiger partial charge in [-0.05, 0) is 38.3 Å². The lowest BCUT2D eigenvalue weighted by Crippen LogP contribution is -2.25. The maximum Gasteiger partial charge on any atom is 0.251 e. The van der Waals surface area contributed by atoms with Crippen LogP contribution in [0.15, 0.2) is 24.3 Å². The summed E-state index contributed by atoms with van der Waals surface area (Å²) in [6.07, 6.45) is 0.996. The largest absolute Gasteiger partial charge is 0.352 e. The summed E-state index contributed by atoms with van der Waals surface area (Å²) in [7, 11) is 0. The lowest BCUT2D eigenvalue weighted by molar-refractivity contribution is 0.0952. The molecule has 0 aliphatic rings. The smallest absolute Gasteiger partial charge is 0.251 e. The van der Waals surface area contributed by atoms with Crippen LogP contribution in [0.25, 0.3) is 10.6 Å². The van der Waals surface area contributed by atoms with E-state index in [1.807, 2.05) is 31.2 Å². The number of hydrogen-bond acceptors (Lipinski definition) is 3. The first-order valence-corrected chi connectivity index (χ1v) is 8.11. The van der Waals surface area contributed by atoms with Crippen LogP contribution in [0.5, 0.6) is 0 Å². The number of carbonyl (C=O) groups is 1. The van der Waals surface area contributed by atoms with Crippen LogP contribution in [0.4, 0.5) is 0 Å². The summed E-state index contributed by atoms with van der Waals surface area (Å²) in [6, 6.07) is 7.69. The normalized spacial score (nSPS) is 10.9. The summed E-state index contributed by atoms with van der Waals surface area (Å²) in [5.74, 6) is 0.584. The summed E-state index contributed by atoms with van der Waals surface area (Å²) in [4.78, 5) is 17.9.